The monoisotopic (exact) mass is 354 g/mol. The summed E-state index contributed by atoms with van der Waals surface area (Å²) in [4.78, 5) is 23.7. The first-order valence-electron chi connectivity index (χ1n) is 8.74. The van der Waals surface area contributed by atoms with E-state index in [0.29, 0.717) is 0 Å². The molecular weight excluding hydrogens is 328 g/mol. The molecule has 2 atom stereocenters. The molecule has 0 heterocycles. The predicted molar refractivity (Wildman–Crippen MR) is 102 cm³/mol. The van der Waals surface area contributed by atoms with Crippen LogP contribution in [0.15, 0.2) is 60.7 Å². The van der Waals surface area contributed by atoms with E-state index in [1.807, 2.05) is 74.5 Å². The maximum absolute atomic E-state index is 11.8. The molecule has 2 rings (SSSR count). The molecule has 138 valence electrons. The molecule has 0 saturated heterocycles. The van der Waals surface area contributed by atoms with Gasteiger partial charge in [-0.05, 0) is 37.8 Å². The number of hydrazine groups is 2. The average Bonchev–Trinajstić information content (AvgIpc) is 2.65. The second-order valence-corrected chi connectivity index (χ2v) is 6.38. The average molecular weight is 354 g/mol. The van der Waals surface area contributed by atoms with Crippen molar-refractivity contribution in [2.75, 3.05) is 0 Å². The van der Waals surface area contributed by atoms with Crippen molar-refractivity contribution < 1.29 is 9.59 Å². The van der Waals surface area contributed by atoms with Gasteiger partial charge in [0.2, 0.25) is 0 Å². The third kappa shape index (κ3) is 7.04. The first kappa shape index (κ1) is 19.6. The van der Waals surface area contributed by atoms with E-state index in [1.54, 1.807) is 0 Å². The maximum atomic E-state index is 11.8. The SMILES string of the molecule is C[C@H](Cc1ccccc1)NNC(=O)C(=O)NN[C@@H](C)Cc1ccccc1. The summed E-state index contributed by atoms with van der Waals surface area (Å²) in [5.74, 6) is -1.46. The van der Waals surface area contributed by atoms with E-state index < -0.39 is 11.8 Å². The van der Waals surface area contributed by atoms with Crippen molar-refractivity contribution in [3.05, 3.63) is 71.8 Å². The fourth-order valence-electron chi connectivity index (χ4n) is 2.53. The summed E-state index contributed by atoms with van der Waals surface area (Å²) >= 11 is 0. The van der Waals surface area contributed by atoms with Crippen molar-refractivity contribution in [2.24, 2.45) is 0 Å². The lowest BCUT2D eigenvalue weighted by Gasteiger charge is -2.16. The van der Waals surface area contributed by atoms with Gasteiger partial charge in [-0.25, -0.2) is 10.9 Å². The van der Waals surface area contributed by atoms with Gasteiger partial charge >= 0.3 is 11.8 Å². The van der Waals surface area contributed by atoms with E-state index in [4.69, 9.17) is 0 Å². The molecule has 0 saturated carbocycles. The molecular formula is C20H26N4O2. The molecule has 2 aromatic carbocycles. The summed E-state index contributed by atoms with van der Waals surface area (Å²) in [6, 6.07) is 19.9. The summed E-state index contributed by atoms with van der Waals surface area (Å²) < 4.78 is 0. The van der Waals surface area contributed by atoms with Crippen LogP contribution in [0.25, 0.3) is 0 Å². The zero-order chi connectivity index (χ0) is 18.8. The highest BCUT2D eigenvalue weighted by Gasteiger charge is 2.15. The summed E-state index contributed by atoms with van der Waals surface area (Å²) in [6.45, 7) is 3.87. The number of amides is 2. The van der Waals surface area contributed by atoms with Crippen molar-refractivity contribution in [1.82, 2.24) is 21.7 Å². The van der Waals surface area contributed by atoms with Gasteiger partial charge in [-0.1, -0.05) is 60.7 Å². The molecule has 6 nitrogen and oxygen atoms in total. The molecule has 0 bridgehead atoms. The second kappa shape index (κ2) is 10.3. The minimum absolute atomic E-state index is 0.000821. The number of nitrogens with one attached hydrogen (secondary N) is 4. The Morgan fingerprint density at radius 3 is 1.38 bits per heavy atom. The predicted octanol–water partition coefficient (Wildman–Crippen LogP) is 1.49. The quantitative estimate of drug-likeness (QED) is 0.428. The summed E-state index contributed by atoms with van der Waals surface area (Å²) in [7, 11) is 0. The molecule has 0 aliphatic heterocycles. The van der Waals surface area contributed by atoms with Crippen LogP contribution in [0.4, 0.5) is 0 Å². The Balaban J connectivity index is 1.66. The second-order valence-electron chi connectivity index (χ2n) is 6.38. The number of hydrogen-bond donors (Lipinski definition) is 4. The van der Waals surface area contributed by atoms with Gasteiger partial charge in [-0.2, -0.15) is 0 Å². The van der Waals surface area contributed by atoms with Crippen molar-refractivity contribution >= 4 is 11.8 Å². The van der Waals surface area contributed by atoms with E-state index in [0.717, 1.165) is 24.0 Å². The van der Waals surface area contributed by atoms with E-state index in [2.05, 4.69) is 21.7 Å². The normalized spacial score (nSPS) is 12.8. The van der Waals surface area contributed by atoms with Crippen LogP contribution in [0.1, 0.15) is 25.0 Å². The lowest BCUT2D eigenvalue weighted by molar-refractivity contribution is -0.140. The minimum Gasteiger partial charge on any atom is -0.283 e. The van der Waals surface area contributed by atoms with Gasteiger partial charge in [-0.15, -0.1) is 0 Å². The minimum atomic E-state index is -0.732. The highest BCUT2D eigenvalue weighted by molar-refractivity contribution is 6.34. The standard InChI is InChI=1S/C20H26N4O2/c1-15(13-17-9-5-3-6-10-17)21-23-19(25)20(26)24-22-16(2)14-18-11-7-4-8-12-18/h3-12,15-16,21-22H,13-14H2,1-2H3,(H,23,25)(H,24,26)/t15-,16+. The van der Waals surface area contributed by atoms with Crippen LogP contribution in [0, 0.1) is 0 Å². The van der Waals surface area contributed by atoms with E-state index >= 15 is 0 Å². The van der Waals surface area contributed by atoms with Gasteiger partial charge in [0.25, 0.3) is 0 Å². The van der Waals surface area contributed by atoms with Crippen LogP contribution >= 0.6 is 0 Å². The van der Waals surface area contributed by atoms with Gasteiger partial charge < -0.3 is 0 Å². The number of hydrogen-bond acceptors (Lipinski definition) is 4. The molecule has 26 heavy (non-hydrogen) atoms. The topological polar surface area (TPSA) is 82.3 Å². The largest absolute Gasteiger partial charge is 0.324 e. The van der Waals surface area contributed by atoms with Crippen LogP contribution in [0.5, 0.6) is 0 Å². The summed E-state index contributed by atoms with van der Waals surface area (Å²) in [5.41, 5.74) is 12.9. The Labute approximate surface area is 154 Å². The molecule has 0 aliphatic rings. The number of carbonyl (C=O) groups is 2. The van der Waals surface area contributed by atoms with Crippen LogP contribution in [-0.4, -0.2) is 23.9 Å². The number of carbonyl (C=O) groups excluding carboxylic acids is 2. The van der Waals surface area contributed by atoms with Crippen molar-refractivity contribution in [3.8, 4) is 0 Å². The first-order valence-corrected chi connectivity index (χ1v) is 8.74. The van der Waals surface area contributed by atoms with E-state index in [-0.39, 0.29) is 12.1 Å². The van der Waals surface area contributed by atoms with Crippen molar-refractivity contribution in [1.29, 1.82) is 0 Å². The molecule has 2 amide bonds. The number of rotatable bonds is 8. The zero-order valence-electron chi connectivity index (χ0n) is 15.2. The Kier molecular flexibility index (Phi) is 7.79. The molecule has 0 fully saturated rings. The lowest BCUT2D eigenvalue weighted by Crippen LogP contribution is -2.54. The highest BCUT2D eigenvalue weighted by Crippen LogP contribution is 2.02. The van der Waals surface area contributed by atoms with Gasteiger partial charge in [0, 0.05) is 12.1 Å². The Bertz CT molecular complexity index is 630. The Morgan fingerprint density at radius 2 is 1.04 bits per heavy atom. The van der Waals surface area contributed by atoms with Crippen LogP contribution in [0.2, 0.25) is 0 Å². The molecule has 0 unspecified atom stereocenters. The molecule has 0 radical (unpaired) electrons. The van der Waals surface area contributed by atoms with Crippen LogP contribution < -0.4 is 21.7 Å². The van der Waals surface area contributed by atoms with Gasteiger partial charge in [0.15, 0.2) is 0 Å². The maximum Gasteiger partial charge on any atom is 0.324 e. The zero-order valence-corrected chi connectivity index (χ0v) is 15.2. The third-order valence-electron chi connectivity index (χ3n) is 3.84. The lowest BCUT2D eigenvalue weighted by atomic mass is 10.1. The molecule has 6 heteroatoms. The van der Waals surface area contributed by atoms with Gasteiger partial charge in [-0.3, -0.25) is 20.4 Å². The molecule has 0 aromatic heterocycles. The van der Waals surface area contributed by atoms with Crippen molar-refractivity contribution in [3.63, 3.8) is 0 Å². The first-order chi connectivity index (χ1) is 12.5. The Hall–Kier alpha value is -2.70. The van der Waals surface area contributed by atoms with Crippen molar-refractivity contribution in [2.45, 2.75) is 38.8 Å². The van der Waals surface area contributed by atoms with Crippen LogP contribution in [-0.2, 0) is 22.4 Å². The summed E-state index contributed by atoms with van der Waals surface area (Å²) in [6.07, 6.45) is 1.49. The van der Waals surface area contributed by atoms with Crippen LogP contribution in [0.3, 0.4) is 0 Å². The Morgan fingerprint density at radius 1 is 0.692 bits per heavy atom. The fraction of sp³-hybridized carbons (Fsp3) is 0.300. The fourth-order valence-corrected chi connectivity index (χ4v) is 2.53. The molecule has 2 aromatic rings. The third-order valence-corrected chi connectivity index (χ3v) is 3.84. The highest BCUT2D eigenvalue weighted by atomic mass is 16.2. The van der Waals surface area contributed by atoms with Gasteiger partial charge in [0.1, 0.15) is 0 Å². The summed E-state index contributed by atoms with van der Waals surface area (Å²) in [5, 5.41) is 0. The smallest absolute Gasteiger partial charge is 0.283 e. The van der Waals surface area contributed by atoms with E-state index in [1.165, 1.54) is 0 Å². The molecule has 0 aliphatic carbocycles. The molecule has 0 spiro atoms. The number of benzene rings is 2. The van der Waals surface area contributed by atoms with Gasteiger partial charge in [0.05, 0.1) is 0 Å². The molecule has 4 N–H and O–H groups in total. The van der Waals surface area contributed by atoms with E-state index in [9.17, 15) is 9.59 Å².